The van der Waals surface area contributed by atoms with E-state index < -0.39 is 28.9 Å². The quantitative estimate of drug-likeness (QED) is 0.263. The summed E-state index contributed by atoms with van der Waals surface area (Å²) in [7, 11) is 0. The first-order valence-electron chi connectivity index (χ1n) is 13.0. The van der Waals surface area contributed by atoms with Gasteiger partial charge in [0.05, 0.1) is 16.4 Å². The first kappa shape index (κ1) is 26.0. The SMILES string of the molecule is Cc1nnc2nc(N3CCCc4c(C#CC(C)(C)NC(=O)C5(C(F)(F)F)CC5)cccc43)c3c(F)cccc3n12.[HH]. The van der Waals surface area contributed by atoms with E-state index in [0.717, 1.165) is 17.7 Å². The summed E-state index contributed by atoms with van der Waals surface area (Å²) in [4.78, 5) is 19.2. The van der Waals surface area contributed by atoms with Crippen molar-refractivity contribution >= 4 is 34.1 Å². The average molecular weight is 553 g/mol. The van der Waals surface area contributed by atoms with Crippen molar-refractivity contribution in [3.05, 3.63) is 59.2 Å². The number of fused-ring (bicyclic) bond motifs is 4. The van der Waals surface area contributed by atoms with E-state index in [-0.39, 0.29) is 14.3 Å². The van der Waals surface area contributed by atoms with Gasteiger partial charge in [0.1, 0.15) is 22.9 Å². The monoisotopic (exact) mass is 552 g/mol. The fourth-order valence-electron chi connectivity index (χ4n) is 5.36. The molecule has 11 heteroatoms. The van der Waals surface area contributed by atoms with E-state index >= 15 is 4.39 Å². The number of nitrogens with zero attached hydrogens (tertiary/aromatic N) is 5. The number of aryl methyl sites for hydroxylation is 1. The average Bonchev–Trinajstić information content (AvgIpc) is 3.65. The van der Waals surface area contributed by atoms with Gasteiger partial charge < -0.3 is 10.2 Å². The number of hydrogen-bond acceptors (Lipinski definition) is 5. The van der Waals surface area contributed by atoms with Gasteiger partial charge in [-0.15, -0.1) is 10.2 Å². The van der Waals surface area contributed by atoms with Crippen molar-refractivity contribution in [3.8, 4) is 11.8 Å². The van der Waals surface area contributed by atoms with E-state index in [9.17, 15) is 18.0 Å². The topological polar surface area (TPSA) is 75.4 Å². The summed E-state index contributed by atoms with van der Waals surface area (Å²) in [6, 6.07) is 10.4. The Morgan fingerprint density at radius 3 is 2.60 bits per heavy atom. The Hall–Kier alpha value is -4.20. The second-order valence-electron chi connectivity index (χ2n) is 10.9. The molecule has 3 heterocycles. The van der Waals surface area contributed by atoms with Crippen LogP contribution in [0.2, 0.25) is 0 Å². The zero-order valence-corrected chi connectivity index (χ0v) is 22.2. The van der Waals surface area contributed by atoms with E-state index in [0.29, 0.717) is 46.9 Å². The van der Waals surface area contributed by atoms with Crippen molar-refractivity contribution in [3.63, 3.8) is 0 Å². The normalized spacial score (nSPS) is 16.4. The van der Waals surface area contributed by atoms with Crippen molar-refractivity contribution in [2.24, 2.45) is 5.41 Å². The Bertz CT molecular complexity index is 1750. The van der Waals surface area contributed by atoms with Crippen molar-refractivity contribution in [1.82, 2.24) is 24.9 Å². The standard InChI is InChI=1S/C29H26F4N6O.H2/c1-17-36-37-26-34-24(23-20(30)9-5-11-22(23)39(17)26)38-16-6-8-19-18(7-4-10-21(19)38)12-13-27(2,3)35-25(40)28(14-15-28)29(31,32)33;/h4-5,7,9-11H,6,8,14-16H2,1-3H3,(H,35,40);1H. The van der Waals surface area contributed by atoms with Crippen LogP contribution < -0.4 is 10.2 Å². The van der Waals surface area contributed by atoms with Gasteiger partial charge in [-0.3, -0.25) is 9.20 Å². The summed E-state index contributed by atoms with van der Waals surface area (Å²) >= 11 is 0. The summed E-state index contributed by atoms with van der Waals surface area (Å²) < 4.78 is 57.2. The number of alkyl halides is 3. The van der Waals surface area contributed by atoms with Crippen LogP contribution in [0.1, 0.15) is 51.5 Å². The van der Waals surface area contributed by atoms with Gasteiger partial charge in [-0.25, -0.2) is 4.39 Å². The Kier molecular flexibility index (Phi) is 5.80. The largest absolute Gasteiger partial charge is 0.403 e. The number of anilines is 2. The molecule has 0 bridgehead atoms. The highest BCUT2D eigenvalue weighted by Gasteiger charge is 2.68. The zero-order chi connectivity index (χ0) is 28.4. The minimum Gasteiger partial charge on any atom is -0.340 e. The predicted octanol–water partition coefficient (Wildman–Crippen LogP) is 5.64. The highest BCUT2D eigenvalue weighted by Crippen LogP contribution is 2.57. The predicted molar refractivity (Wildman–Crippen MR) is 144 cm³/mol. The van der Waals surface area contributed by atoms with Gasteiger partial charge in [0.25, 0.3) is 5.78 Å². The van der Waals surface area contributed by atoms with E-state index in [1.165, 1.54) is 6.07 Å². The summed E-state index contributed by atoms with van der Waals surface area (Å²) in [5.41, 5.74) is -0.478. The molecule has 1 aliphatic heterocycles. The molecule has 1 aliphatic carbocycles. The van der Waals surface area contributed by atoms with Gasteiger partial charge in [0.15, 0.2) is 0 Å². The third-order valence-corrected chi connectivity index (χ3v) is 7.64. The third-order valence-electron chi connectivity index (χ3n) is 7.64. The maximum absolute atomic E-state index is 15.3. The van der Waals surface area contributed by atoms with Crippen LogP contribution in [0.15, 0.2) is 36.4 Å². The molecular weight excluding hydrogens is 524 g/mol. The number of carbonyl (C=O) groups excluding carboxylic acids is 1. The van der Waals surface area contributed by atoms with Gasteiger partial charge in [0.2, 0.25) is 5.91 Å². The Balaban J connectivity index is 0.00000337. The number of aromatic nitrogens is 4. The van der Waals surface area contributed by atoms with E-state index in [2.05, 4.69) is 27.4 Å². The minimum atomic E-state index is -4.59. The number of amides is 1. The highest BCUT2D eigenvalue weighted by molar-refractivity contribution is 5.94. The van der Waals surface area contributed by atoms with E-state index in [4.69, 9.17) is 4.98 Å². The van der Waals surface area contributed by atoms with Crippen LogP contribution in [0.5, 0.6) is 0 Å². The van der Waals surface area contributed by atoms with Crippen molar-refractivity contribution in [2.75, 3.05) is 11.4 Å². The molecule has 7 nitrogen and oxygen atoms in total. The number of rotatable bonds is 3. The summed E-state index contributed by atoms with van der Waals surface area (Å²) in [5, 5.41) is 11.1. The van der Waals surface area contributed by atoms with Crippen molar-refractivity contribution in [2.45, 2.75) is 58.2 Å². The molecule has 1 saturated carbocycles. The lowest BCUT2D eigenvalue weighted by molar-refractivity contribution is -0.192. The lowest BCUT2D eigenvalue weighted by Crippen LogP contribution is -2.49. The second kappa shape index (κ2) is 8.91. The first-order valence-corrected chi connectivity index (χ1v) is 13.0. The van der Waals surface area contributed by atoms with E-state index in [1.807, 2.05) is 23.1 Å². The second-order valence-corrected chi connectivity index (χ2v) is 10.9. The molecule has 2 aromatic carbocycles. The summed E-state index contributed by atoms with van der Waals surface area (Å²) in [6.45, 7) is 5.54. The van der Waals surface area contributed by atoms with Crippen LogP contribution in [0.3, 0.4) is 0 Å². The van der Waals surface area contributed by atoms with Crippen LogP contribution >= 0.6 is 0 Å². The lowest BCUT2D eigenvalue weighted by atomic mass is 9.95. The lowest BCUT2D eigenvalue weighted by Gasteiger charge is -2.32. The maximum atomic E-state index is 15.3. The smallest absolute Gasteiger partial charge is 0.340 e. The number of nitrogens with one attached hydrogen (secondary N) is 1. The fourth-order valence-corrected chi connectivity index (χ4v) is 5.36. The molecule has 2 aromatic heterocycles. The van der Waals surface area contributed by atoms with Gasteiger partial charge >= 0.3 is 6.18 Å². The Morgan fingerprint density at radius 1 is 1.12 bits per heavy atom. The molecule has 1 N–H and O–H groups in total. The molecule has 0 spiro atoms. The number of benzene rings is 2. The maximum Gasteiger partial charge on any atom is 0.403 e. The molecule has 4 aromatic rings. The number of carbonyl (C=O) groups is 1. The number of halogens is 4. The first-order chi connectivity index (χ1) is 18.9. The summed E-state index contributed by atoms with van der Waals surface area (Å²) in [5.74, 6) is 5.98. The molecule has 40 heavy (non-hydrogen) atoms. The number of hydrogen-bond donors (Lipinski definition) is 1. The molecule has 0 radical (unpaired) electrons. The van der Waals surface area contributed by atoms with Crippen LogP contribution in [-0.4, -0.2) is 43.7 Å². The molecule has 1 amide bonds. The minimum absolute atomic E-state index is 0. The van der Waals surface area contributed by atoms with Crippen LogP contribution in [0.4, 0.5) is 29.1 Å². The third kappa shape index (κ3) is 4.13. The van der Waals surface area contributed by atoms with Crippen LogP contribution in [0, 0.1) is 30.0 Å². The molecule has 0 atom stereocenters. The molecule has 0 saturated heterocycles. The molecular formula is C29H28F4N6O. The summed E-state index contributed by atoms with van der Waals surface area (Å²) in [6.07, 6.45) is -3.56. The molecule has 1 fully saturated rings. The van der Waals surface area contributed by atoms with Gasteiger partial charge in [0, 0.05) is 19.2 Å². The van der Waals surface area contributed by atoms with Crippen LogP contribution in [0.25, 0.3) is 16.7 Å². The van der Waals surface area contributed by atoms with Crippen LogP contribution in [-0.2, 0) is 11.2 Å². The zero-order valence-electron chi connectivity index (χ0n) is 22.2. The highest BCUT2D eigenvalue weighted by atomic mass is 19.4. The van der Waals surface area contributed by atoms with Crippen molar-refractivity contribution < 1.29 is 23.8 Å². The molecule has 208 valence electrons. The Morgan fingerprint density at radius 2 is 1.88 bits per heavy atom. The molecule has 0 unspecified atom stereocenters. The van der Waals surface area contributed by atoms with Crippen molar-refractivity contribution in [1.29, 1.82) is 0 Å². The van der Waals surface area contributed by atoms with Gasteiger partial charge in [-0.05, 0) is 76.3 Å². The molecule has 6 rings (SSSR count). The van der Waals surface area contributed by atoms with E-state index in [1.54, 1.807) is 37.3 Å². The van der Waals surface area contributed by atoms with Gasteiger partial charge in [-0.1, -0.05) is 24.0 Å². The molecule has 2 aliphatic rings. The van der Waals surface area contributed by atoms with Gasteiger partial charge in [-0.2, -0.15) is 18.2 Å². The Labute approximate surface area is 229 Å². The fraction of sp³-hybridized carbons (Fsp3) is 0.379.